The van der Waals surface area contributed by atoms with E-state index in [1.165, 1.54) is 257 Å². The molecule has 0 saturated carbocycles. The molecule has 0 bridgehead atoms. The summed E-state index contributed by atoms with van der Waals surface area (Å²) in [5.74, 6) is -0.701. The van der Waals surface area contributed by atoms with Gasteiger partial charge in [0.15, 0.2) is 6.29 Å². The fraction of sp³-hybridized carbons (Fsp3) is 0.901. The second-order valence-electron chi connectivity index (χ2n) is 25.0. The number of carbonyl (C=O) groups is 1. The Morgan fingerprint density at radius 1 is 0.427 bits per heavy atom. The lowest BCUT2D eigenvalue weighted by Gasteiger charge is -2.40. The zero-order chi connectivity index (χ0) is 59.6. The van der Waals surface area contributed by atoms with E-state index < -0.39 is 74.2 Å². The van der Waals surface area contributed by atoms with Crippen molar-refractivity contribution in [1.29, 1.82) is 0 Å². The highest BCUT2D eigenvalue weighted by molar-refractivity contribution is 5.80. The molecule has 9 atom stereocenters. The van der Waals surface area contributed by atoms with Crippen LogP contribution in [0.4, 0.5) is 0 Å². The molecular weight excluding hydrogens is 1030 g/mol. The minimum absolute atomic E-state index is 0.255. The zero-order valence-corrected chi connectivity index (χ0v) is 53.5. The van der Waals surface area contributed by atoms with E-state index >= 15 is 0 Å². The smallest absolute Gasteiger partial charge is 0.249 e. The Hall–Kier alpha value is -1.67. The summed E-state index contributed by atoms with van der Waals surface area (Å²) in [6.45, 7) is 3.49. The van der Waals surface area contributed by atoms with E-state index in [0.717, 1.165) is 44.9 Å². The Balaban J connectivity index is 2.18. The molecule has 8 N–H and O–H groups in total. The van der Waals surface area contributed by atoms with E-state index in [-0.39, 0.29) is 12.8 Å². The van der Waals surface area contributed by atoms with E-state index in [9.17, 15) is 40.5 Å². The van der Waals surface area contributed by atoms with Crippen LogP contribution in [-0.4, -0.2) is 110 Å². The number of hydrogen-bond acceptors (Lipinski definition) is 10. The Bertz CT molecular complexity index is 1430. The maximum atomic E-state index is 13.2. The molecule has 1 saturated heterocycles. The summed E-state index contributed by atoms with van der Waals surface area (Å²) in [5.41, 5.74) is 0. The number of allylic oxidation sites excluding steroid dienone is 6. The van der Waals surface area contributed by atoms with Gasteiger partial charge in [-0.1, -0.05) is 307 Å². The van der Waals surface area contributed by atoms with Crippen LogP contribution in [0.15, 0.2) is 36.5 Å². The molecule has 1 rings (SSSR count). The third-order valence-electron chi connectivity index (χ3n) is 17.2. The number of hydrogen-bond donors (Lipinski definition) is 8. The Kier molecular flexibility index (Phi) is 57.0. The van der Waals surface area contributed by atoms with Gasteiger partial charge in [-0.3, -0.25) is 4.79 Å². The van der Waals surface area contributed by atoms with Gasteiger partial charge in [0.1, 0.15) is 36.6 Å². The molecule has 0 aromatic heterocycles. The summed E-state index contributed by atoms with van der Waals surface area (Å²) in [5, 5.41) is 76.4. The molecule has 11 heteroatoms. The molecule has 11 nitrogen and oxygen atoms in total. The van der Waals surface area contributed by atoms with Gasteiger partial charge in [-0.15, -0.1) is 0 Å². The standard InChI is InChI=1S/C71H135NO10/c1-3-5-7-9-11-13-15-17-19-21-23-25-26-27-28-29-30-31-32-33-34-35-36-37-39-41-43-45-47-49-51-53-55-57-59-64(75)70(80)72-62(61-81-71-69(79)68(78)67(77)65(60-73)82-71)66(76)63(74)58-56-54-52-50-48-46-44-42-40-38-24-22-20-18-16-14-12-10-8-6-4-2/h26-27,29-30,50,52,62-69,71,73-79H,3-25,28,31-49,51,53-61H2,1-2H3,(H,72,80)/b27-26-,30-29-,52-50+. The van der Waals surface area contributed by atoms with Crippen LogP contribution < -0.4 is 5.32 Å². The van der Waals surface area contributed by atoms with Gasteiger partial charge in [0.25, 0.3) is 0 Å². The summed E-state index contributed by atoms with van der Waals surface area (Å²) in [7, 11) is 0. The number of nitrogens with one attached hydrogen (secondary N) is 1. The van der Waals surface area contributed by atoms with Gasteiger partial charge in [-0.05, 0) is 70.6 Å². The number of carbonyl (C=O) groups excluding carboxylic acids is 1. The van der Waals surface area contributed by atoms with Crippen LogP contribution in [0, 0.1) is 0 Å². The van der Waals surface area contributed by atoms with Gasteiger partial charge in [-0.2, -0.15) is 0 Å². The summed E-state index contributed by atoms with van der Waals surface area (Å²) in [6, 6.07) is -1.19. The molecule has 1 aliphatic heterocycles. The Morgan fingerprint density at radius 3 is 1.12 bits per heavy atom. The van der Waals surface area contributed by atoms with Crippen molar-refractivity contribution in [3.63, 3.8) is 0 Å². The summed E-state index contributed by atoms with van der Waals surface area (Å²) in [6.07, 6.45) is 65.2. The highest BCUT2D eigenvalue weighted by Gasteiger charge is 2.44. The first-order valence-electron chi connectivity index (χ1n) is 35.4. The molecule has 0 aromatic rings. The Labute approximate surface area is 505 Å². The van der Waals surface area contributed by atoms with Crippen molar-refractivity contribution in [2.75, 3.05) is 13.2 Å². The number of unbranched alkanes of at least 4 members (excludes halogenated alkanes) is 44. The van der Waals surface area contributed by atoms with Crippen LogP contribution in [0.25, 0.3) is 0 Å². The molecule has 1 fully saturated rings. The molecule has 1 heterocycles. The largest absolute Gasteiger partial charge is 0.394 e. The Morgan fingerprint density at radius 2 is 0.756 bits per heavy atom. The number of aliphatic hydroxyl groups excluding tert-OH is 7. The molecule has 0 aliphatic carbocycles. The van der Waals surface area contributed by atoms with Crippen LogP contribution in [0.1, 0.15) is 341 Å². The molecule has 484 valence electrons. The molecule has 0 spiro atoms. The van der Waals surface area contributed by atoms with Crippen LogP contribution in [0.3, 0.4) is 0 Å². The fourth-order valence-electron chi connectivity index (χ4n) is 11.5. The van der Waals surface area contributed by atoms with Gasteiger partial charge in [0, 0.05) is 0 Å². The van der Waals surface area contributed by atoms with Crippen molar-refractivity contribution in [2.45, 2.75) is 396 Å². The van der Waals surface area contributed by atoms with E-state index in [2.05, 4.69) is 55.6 Å². The number of rotatable bonds is 62. The third kappa shape index (κ3) is 46.5. The molecule has 1 aliphatic rings. The van der Waals surface area contributed by atoms with E-state index in [1.807, 2.05) is 0 Å². The monoisotopic (exact) mass is 1160 g/mol. The first-order valence-corrected chi connectivity index (χ1v) is 35.4. The molecule has 82 heavy (non-hydrogen) atoms. The SMILES string of the molecule is CCCCCCCCCCCCC/C=C\C/C=C\CCCCCCCCCCCCCCCCCCC(O)C(=O)NC(COC1OC(CO)C(O)C(O)C1O)C(O)C(O)CCC/C=C/CCCCCCCCCCCCCCCCCC. The molecule has 1 amide bonds. The first-order chi connectivity index (χ1) is 40.2. The predicted octanol–water partition coefficient (Wildman–Crippen LogP) is 17.0. The van der Waals surface area contributed by atoms with Gasteiger partial charge in [0.05, 0.1) is 25.4 Å². The lowest BCUT2D eigenvalue weighted by Crippen LogP contribution is -2.60. The van der Waals surface area contributed by atoms with Crippen LogP contribution in [0.2, 0.25) is 0 Å². The normalized spacial score (nSPS) is 19.3. The summed E-state index contributed by atoms with van der Waals surface area (Å²) in [4.78, 5) is 13.2. The number of aliphatic hydroxyl groups is 7. The van der Waals surface area contributed by atoms with Crippen LogP contribution in [0.5, 0.6) is 0 Å². The summed E-state index contributed by atoms with van der Waals surface area (Å²) < 4.78 is 11.2. The molecule has 0 radical (unpaired) electrons. The minimum atomic E-state index is -1.67. The van der Waals surface area contributed by atoms with Crippen molar-refractivity contribution in [3.05, 3.63) is 36.5 Å². The average Bonchev–Trinajstić information content (AvgIpc) is 3.48. The van der Waals surface area contributed by atoms with Crippen molar-refractivity contribution < 1.29 is 50.0 Å². The quantitative estimate of drug-likeness (QED) is 0.0215. The number of ether oxygens (including phenoxy) is 2. The first kappa shape index (κ1) is 78.3. The van der Waals surface area contributed by atoms with Gasteiger partial charge in [-0.25, -0.2) is 0 Å². The minimum Gasteiger partial charge on any atom is -0.394 e. The van der Waals surface area contributed by atoms with Crippen LogP contribution >= 0.6 is 0 Å². The van der Waals surface area contributed by atoms with E-state index in [0.29, 0.717) is 12.8 Å². The zero-order valence-electron chi connectivity index (χ0n) is 53.5. The third-order valence-corrected chi connectivity index (χ3v) is 17.2. The highest BCUT2D eigenvalue weighted by Crippen LogP contribution is 2.24. The van der Waals surface area contributed by atoms with Crippen molar-refractivity contribution >= 4 is 5.91 Å². The lowest BCUT2D eigenvalue weighted by molar-refractivity contribution is -0.303. The molecule has 9 unspecified atom stereocenters. The van der Waals surface area contributed by atoms with Crippen molar-refractivity contribution in [2.24, 2.45) is 0 Å². The molecular formula is C71H135NO10. The maximum Gasteiger partial charge on any atom is 0.249 e. The predicted molar refractivity (Wildman–Crippen MR) is 344 cm³/mol. The van der Waals surface area contributed by atoms with Gasteiger partial charge in [0.2, 0.25) is 5.91 Å². The van der Waals surface area contributed by atoms with Crippen molar-refractivity contribution in [3.8, 4) is 0 Å². The van der Waals surface area contributed by atoms with Crippen LogP contribution in [-0.2, 0) is 14.3 Å². The summed E-state index contributed by atoms with van der Waals surface area (Å²) >= 11 is 0. The maximum absolute atomic E-state index is 13.2. The lowest BCUT2D eigenvalue weighted by atomic mass is 9.98. The van der Waals surface area contributed by atoms with E-state index in [4.69, 9.17) is 9.47 Å². The van der Waals surface area contributed by atoms with Crippen molar-refractivity contribution in [1.82, 2.24) is 5.32 Å². The fourth-order valence-corrected chi connectivity index (χ4v) is 11.5. The molecule has 0 aromatic carbocycles. The second-order valence-corrected chi connectivity index (χ2v) is 25.0. The van der Waals surface area contributed by atoms with Gasteiger partial charge < -0.3 is 50.5 Å². The topological polar surface area (TPSA) is 189 Å². The average molecular weight is 1160 g/mol. The second kappa shape index (κ2) is 59.7. The van der Waals surface area contributed by atoms with E-state index in [1.54, 1.807) is 0 Å². The number of amides is 1. The highest BCUT2D eigenvalue weighted by atomic mass is 16.7. The van der Waals surface area contributed by atoms with Gasteiger partial charge >= 0.3 is 0 Å².